The van der Waals surface area contributed by atoms with Crippen molar-refractivity contribution in [1.29, 1.82) is 0 Å². The van der Waals surface area contributed by atoms with E-state index in [4.69, 9.17) is 16.4 Å². The van der Waals surface area contributed by atoms with E-state index in [1.54, 1.807) is 56.8 Å². The van der Waals surface area contributed by atoms with E-state index in [1.165, 1.54) is 115 Å². The van der Waals surface area contributed by atoms with Gasteiger partial charge in [-0.3, -0.25) is 4.98 Å². The van der Waals surface area contributed by atoms with Crippen LogP contribution in [-0.4, -0.2) is 52.5 Å². The van der Waals surface area contributed by atoms with Crippen molar-refractivity contribution in [3.63, 3.8) is 0 Å². The van der Waals surface area contributed by atoms with Crippen molar-refractivity contribution in [3.05, 3.63) is 261 Å². The number of anilines is 4. The number of benzene rings is 7. The summed E-state index contributed by atoms with van der Waals surface area (Å²) >= 11 is 0. The largest absolute Gasteiger partial charge is 4.00 e. The molecule has 19 heteroatoms. The third-order valence-electron chi connectivity index (χ3n) is 17.6. The SMILES string of the molecule is FC(F)(F)c1ccc2[n-]c3ccc(C(F)(F)F)cc3c2c1.[2H]C([2H])([2H])N1C=CN(c2[c-]c(N3C=CN(C([2H])([2H])[2H])[CH-]3)cc(-c3c(C(C)C)cc(C(C)C)cc3C(C)C)c2)[CH-]1.[2H]C([2H])([2H])N1C=CN(c2[c-]c(N3C=CN(C([2H])([2H])[2H])[CH-]3)cc(-c3c(C(C)C)cc(C(C)C)cc3C(C)C)c2)[CH-]1.[Pt+4].[Pt+4].c1ccc2c(c1)[n-]c1cnccc12. The monoisotopic (exact) mass is 1750 g/mol. The van der Waals surface area contributed by atoms with Crippen molar-refractivity contribution in [1.82, 2.24) is 34.6 Å². The summed E-state index contributed by atoms with van der Waals surface area (Å²) < 4.78 is 170. The second-order valence-electron chi connectivity index (χ2n) is 26.9. The molecule has 10 aromatic rings. The minimum Gasteiger partial charge on any atom is -0.657 e. The first kappa shape index (κ1) is 62.2. The summed E-state index contributed by atoms with van der Waals surface area (Å²) in [6.45, 7) is 23.3. The van der Waals surface area contributed by atoms with Crippen LogP contribution in [0.3, 0.4) is 0 Å². The van der Waals surface area contributed by atoms with Gasteiger partial charge in [0.05, 0.1) is 11.1 Å². The van der Waals surface area contributed by atoms with Gasteiger partial charge in [-0.05, 0) is 197 Å². The predicted molar refractivity (Wildman–Crippen MR) is 398 cm³/mol. The van der Waals surface area contributed by atoms with E-state index in [1.807, 2.05) is 48.5 Å². The van der Waals surface area contributed by atoms with Gasteiger partial charge in [0, 0.05) is 28.8 Å². The van der Waals surface area contributed by atoms with Crippen LogP contribution in [0.15, 0.2) is 177 Å². The Morgan fingerprint density at radius 2 is 0.706 bits per heavy atom. The molecule has 0 amide bonds. The molecule has 0 unspecified atom stereocenters. The van der Waals surface area contributed by atoms with Crippen LogP contribution < -0.4 is 29.6 Å². The molecule has 536 valence electrons. The normalized spacial score (nSPS) is 16.7. The molecule has 0 bridgehead atoms. The molecule has 0 radical (unpaired) electrons. The molecule has 7 heterocycles. The fourth-order valence-corrected chi connectivity index (χ4v) is 12.3. The molecular weight excluding hydrogens is 1660 g/mol. The van der Waals surface area contributed by atoms with E-state index < -0.39 is 51.4 Å². The van der Waals surface area contributed by atoms with Gasteiger partial charge in [-0.2, -0.15) is 53.0 Å². The Balaban J connectivity index is 0.000000185. The van der Waals surface area contributed by atoms with Crippen molar-refractivity contribution in [2.24, 2.45) is 0 Å². The van der Waals surface area contributed by atoms with Crippen LogP contribution in [0.1, 0.15) is 180 Å². The first-order valence-corrected chi connectivity index (χ1v) is 33.0. The van der Waals surface area contributed by atoms with Gasteiger partial charge in [-0.1, -0.05) is 156 Å². The molecule has 11 nitrogen and oxygen atoms in total. The summed E-state index contributed by atoms with van der Waals surface area (Å²) in [5.74, 6) is 1.83. The van der Waals surface area contributed by atoms with E-state index in [0.717, 1.165) is 69.7 Å². The number of hydrogen-bond acceptors (Lipinski definition) is 9. The van der Waals surface area contributed by atoms with E-state index in [-0.39, 0.29) is 87.6 Å². The Morgan fingerprint density at radius 1 is 0.382 bits per heavy atom. The van der Waals surface area contributed by atoms with Crippen LogP contribution in [0, 0.1) is 38.8 Å². The number of rotatable bonds is 12. The number of pyridine rings is 1. The maximum Gasteiger partial charge on any atom is 4.00 e. The Kier molecular flexibility index (Phi) is 19.6. The Morgan fingerprint density at radius 3 is 1.02 bits per heavy atom. The summed E-state index contributed by atoms with van der Waals surface area (Å²) in [4.78, 5) is 24.2. The minimum absolute atomic E-state index is 0. The molecule has 3 aromatic heterocycles. The molecule has 102 heavy (non-hydrogen) atoms. The molecule has 0 saturated carbocycles. The average Bonchev–Trinajstić information content (AvgIpc) is 1.33. The molecule has 0 spiro atoms. The fourth-order valence-electron chi connectivity index (χ4n) is 12.3. The number of halogens is 6. The third kappa shape index (κ3) is 17.4. The minimum atomic E-state index is -4.56. The Bertz CT molecular complexity index is 4710. The standard InChI is InChI=1S/2C29H37N4.C14H6F6N.C11H7N2.2Pt/c2*1-20(2)23-15-27(21(3)4)29(28(16-23)22(5)6)24-13-25(32-11-9-30(7)18-32)17-26(14-24)33-12-10-31(8)19-33;15-13(16,17)7-1-3-11-9(5-7)10-6-8(14(18,19)20)2-4-12(10)21-11;1-2-4-10-8(3-1)9-5-6-12-7-11(9)13-10;;/h2*9-16,18-22H,1-8H3;1-6H;1-7H;;/q2*-3;2*-1;2*+4/i2*7D3,8D3;;;;. The second kappa shape index (κ2) is 32.1. The second-order valence-corrected chi connectivity index (χ2v) is 26.9. The summed E-state index contributed by atoms with van der Waals surface area (Å²) in [5.41, 5.74) is 15.0. The van der Waals surface area contributed by atoms with Gasteiger partial charge in [0.1, 0.15) is 0 Å². The van der Waals surface area contributed by atoms with Crippen LogP contribution >= 0.6 is 0 Å². The molecule has 0 saturated heterocycles. The fraction of sp³-hybridized carbons (Fsp3) is 0.289. The number of nitrogens with zero attached hydrogens (tertiary/aromatic N) is 11. The van der Waals surface area contributed by atoms with Crippen molar-refractivity contribution >= 4 is 66.4 Å². The van der Waals surface area contributed by atoms with Gasteiger partial charge in [0.15, 0.2) is 0 Å². The number of fused-ring (bicyclic) bond motifs is 6. The molecule has 0 N–H and O–H groups in total. The average molecular weight is 1750 g/mol. The van der Waals surface area contributed by atoms with E-state index in [0.29, 0.717) is 34.6 Å². The first-order chi connectivity index (χ1) is 52.2. The zero-order valence-electron chi connectivity index (χ0n) is 70.3. The summed E-state index contributed by atoms with van der Waals surface area (Å²) in [5, 5.41) is 2.52. The maximum absolute atomic E-state index is 12.7. The van der Waals surface area contributed by atoms with Crippen LogP contribution in [0.2, 0.25) is 0 Å². The molecule has 0 aliphatic carbocycles. The number of para-hydroxylation sites is 1. The Labute approximate surface area is 643 Å². The maximum atomic E-state index is 12.7. The van der Waals surface area contributed by atoms with Crippen molar-refractivity contribution in [3.8, 4) is 22.3 Å². The summed E-state index contributed by atoms with van der Waals surface area (Å²) in [7, 11) is 0. The summed E-state index contributed by atoms with van der Waals surface area (Å²) in [6.07, 6.45) is 7.33. The number of aromatic nitrogens is 3. The molecule has 4 aliphatic rings. The van der Waals surface area contributed by atoms with Gasteiger partial charge in [0.2, 0.25) is 0 Å². The quantitative estimate of drug-likeness (QED) is 0.0868. The van der Waals surface area contributed by atoms with Gasteiger partial charge in [0.25, 0.3) is 0 Å². The van der Waals surface area contributed by atoms with Gasteiger partial charge in [-0.15, -0.1) is 92.3 Å². The van der Waals surface area contributed by atoms with Gasteiger partial charge < -0.3 is 49.2 Å². The molecule has 14 rings (SSSR count). The zero-order valence-corrected chi connectivity index (χ0v) is 62.9. The van der Waals surface area contributed by atoms with E-state index in [9.17, 15) is 26.3 Å². The Hall–Kier alpha value is -8.39. The van der Waals surface area contributed by atoms with Crippen LogP contribution in [0.4, 0.5) is 49.1 Å². The molecule has 0 fully saturated rings. The molecule has 7 aromatic carbocycles. The first-order valence-electron chi connectivity index (χ1n) is 39.0. The molecular formula is C83H87F6N11Pt2. The zero-order chi connectivity index (χ0) is 81.8. The van der Waals surface area contributed by atoms with Crippen molar-refractivity contribution in [2.45, 2.75) is 131 Å². The van der Waals surface area contributed by atoms with Crippen LogP contribution in [0.25, 0.3) is 65.9 Å². The van der Waals surface area contributed by atoms with E-state index >= 15 is 0 Å². The van der Waals surface area contributed by atoms with Gasteiger partial charge in [-0.25, -0.2) is 0 Å². The van der Waals surface area contributed by atoms with Gasteiger partial charge >= 0.3 is 54.5 Å². The van der Waals surface area contributed by atoms with E-state index in [2.05, 4.69) is 141 Å². The number of alkyl halides is 6. The molecule has 4 aliphatic heterocycles. The summed E-state index contributed by atoms with van der Waals surface area (Å²) in [6, 6.07) is 39.9. The van der Waals surface area contributed by atoms with Crippen LogP contribution in [-0.2, 0) is 54.5 Å². The van der Waals surface area contributed by atoms with Crippen molar-refractivity contribution < 1.29 is 84.9 Å². The third-order valence-corrected chi connectivity index (χ3v) is 17.6. The smallest absolute Gasteiger partial charge is 0.657 e. The predicted octanol–water partition coefficient (Wildman–Crippen LogP) is 21.7. The van der Waals surface area contributed by atoms with Crippen LogP contribution in [0.5, 0.6) is 0 Å². The number of hydrogen-bond donors (Lipinski definition) is 0. The topological polar surface area (TPSA) is 67.0 Å². The molecule has 0 atom stereocenters. The van der Waals surface area contributed by atoms with Crippen molar-refractivity contribution in [2.75, 3.05) is 47.5 Å².